The summed E-state index contributed by atoms with van der Waals surface area (Å²) in [6.07, 6.45) is 3.39. The van der Waals surface area contributed by atoms with Gasteiger partial charge in [-0.3, -0.25) is 0 Å². The number of rotatable bonds is 8. The van der Waals surface area contributed by atoms with E-state index < -0.39 is 0 Å². The number of nitrogens with one attached hydrogen (secondary N) is 1. The van der Waals surface area contributed by atoms with Gasteiger partial charge in [-0.2, -0.15) is 0 Å². The molecule has 0 aliphatic carbocycles. The molecule has 1 aromatic carbocycles. The molecular weight excluding hydrogens is 238 g/mol. The molecule has 19 heavy (non-hydrogen) atoms. The van der Waals surface area contributed by atoms with Gasteiger partial charge in [0.1, 0.15) is 11.5 Å². The van der Waals surface area contributed by atoms with E-state index in [4.69, 9.17) is 9.47 Å². The summed E-state index contributed by atoms with van der Waals surface area (Å²) >= 11 is 0. The molecule has 0 aliphatic heterocycles. The molecule has 0 bridgehead atoms. The molecule has 1 aromatic rings. The average molecular weight is 265 g/mol. The van der Waals surface area contributed by atoms with Crippen LogP contribution in [0.25, 0.3) is 0 Å². The van der Waals surface area contributed by atoms with Gasteiger partial charge in [0.25, 0.3) is 0 Å². The Labute approximate surface area is 117 Å². The fourth-order valence-corrected chi connectivity index (χ4v) is 2.43. The van der Waals surface area contributed by atoms with Crippen LogP contribution in [0.2, 0.25) is 0 Å². The number of ether oxygens (including phenoxy) is 2. The van der Waals surface area contributed by atoms with E-state index in [2.05, 4.69) is 26.1 Å². The van der Waals surface area contributed by atoms with Gasteiger partial charge in [-0.15, -0.1) is 0 Å². The Morgan fingerprint density at radius 3 is 2.11 bits per heavy atom. The first-order valence-electron chi connectivity index (χ1n) is 7.10. The Morgan fingerprint density at radius 2 is 1.63 bits per heavy atom. The molecule has 0 heterocycles. The molecule has 1 N–H and O–H groups in total. The fraction of sp³-hybridized carbons (Fsp3) is 0.625. The molecule has 0 unspecified atom stereocenters. The van der Waals surface area contributed by atoms with E-state index in [1.54, 1.807) is 14.2 Å². The molecule has 3 heteroatoms. The van der Waals surface area contributed by atoms with Gasteiger partial charge in [-0.05, 0) is 37.5 Å². The third kappa shape index (κ3) is 3.87. The molecule has 0 atom stereocenters. The number of benzene rings is 1. The van der Waals surface area contributed by atoms with Gasteiger partial charge in [0.2, 0.25) is 0 Å². The fourth-order valence-electron chi connectivity index (χ4n) is 2.43. The van der Waals surface area contributed by atoms with Crippen molar-refractivity contribution >= 4 is 0 Å². The van der Waals surface area contributed by atoms with Crippen LogP contribution in [-0.2, 0) is 6.54 Å². The lowest BCUT2D eigenvalue weighted by Crippen LogP contribution is -2.43. The highest BCUT2D eigenvalue weighted by molar-refractivity contribution is 5.40. The summed E-state index contributed by atoms with van der Waals surface area (Å²) in [5, 5.41) is 3.69. The molecule has 108 valence electrons. The lowest BCUT2D eigenvalue weighted by atomic mass is 9.89. The number of hydrogen-bond acceptors (Lipinski definition) is 3. The lowest BCUT2D eigenvalue weighted by Gasteiger charge is -2.32. The maximum atomic E-state index is 5.42. The van der Waals surface area contributed by atoms with Crippen LogP contribution in [0.1, 0.15) is 45.6 Å². The predicted molar refractivity (Wildman–Crippen MR) is 80.0 cm³/mol. The van der Waals surface area contributed by atoms with Crippen molar-refractivity contribution in [3.05, 3.63) is 23.8 Å². The average Bonchev–Trinajstić information content (AvgIpc) is 2.49. The zero-order valence-electron chi connectivity index (χ0n) is 12.9. The molecule has 0 saturated heterocycles. The molecule has 0 radical (unpaired) electrons. The zero-order chi connectivity index (χ0) is 14.3. The minimum absolute atomic E-state index is 0.216. The van der Waals surface area contributed by atoms with Crippen LogP contribution in [0.3, 0.4) is 0 Å². The topological polar surface area (TPSA) is 30.5 Å². The van der Waals surface area contributed by atoms with Crippen LogP contribution >= 0.6 is 0 Å². The monoisotopic (exact) mass is 265 g/mol. The zero-order valence-corrected chi connectivity index (χ0v) is 12.9. The van der Waals surface area contributed by atoms with Gasteiger partial charge in [0.15, 0.2) is 0 Å². The molecule has 0 amide bonds. The Morgan fingerprint density at radius 1 is 1.00 bits per heavy atom. The minimum Gasteiger partial charge on any atom is -0.497 e. The van der Waals surface area contributed by atoms with Gasteiger partial charge >= 0.3 is 0 Å². The summed E-state index contributed by atoms with van der Waals surface area (Å²) in [7, 11) is 3.39. The van der Waals surface area contributed by atoms with Crippen molar-refractivity contribution in [3.8, 4) is 11.5 Å². The Kier molecular flexibility index (Phi) is 6.16. The first-order chi connectivity index (χ1) is 9.14. The van der Waals surface area contributed by atoms with E-state index in [-0.39, 0.29) is 5.54 Å². The van der Waals surface area contributed by atoms with Crippen molar-refractivity contribution in [2.75, 3.05) is 14.2 Å². The summed E-state index contributed by atoms with van der Waals surface area (Å²) < 4.78 is 10.7. The highest BCUT2D eigenvalue weighted by Crippen LogP contribution is 2.26. The Hall–Kier alpha value is -1.22. The molecule has 0 saturated carbocycles. The minimum atomic E-state index is 0.216. The van der Waals surface area contributed by atoms with Crippen LogP contribution in [-0.4, -0.2) is 19.8 Å². The molecule has 0 fully saturated rings. The maximum absolute atomic E-state index is 5.42. The highest BCUT2D eigenvalue weighted by atomic mass is 16.5. The quantitative estimate of drug-likeness (QED) is 0.776. The van der Waals surface area contributed by atoms with Crippen molar-refractivity contribution in [2.45, 2.75) is 52.1 Å². The van der Waals surface area contributed by atoms with E-state index in [1.165, 1.54) is 0 Å². The molecule has 1 rings (SSSR count). The highest BCUT2D eigenvalue weighted by Gasteiger charge is 2.23. The third-order valence-corrected chi connectivity index (χ3v) is 4.17. The standard InChI is InChI=1S/C16H27NO2/c1-6-16(7-2,8-3)17-12-13-11-14(18-4)9-10-15(13)19-5/h9-11,17H,6-8,12H2,1-5H3. The van der Waals surface area contributed by atoms with Crippen LogP contribution in [0.15, 0.2) is 18.2 Å². The van der Waals surface area contributed by atoms with Crippen LogP contribution in [0, 0.1) is 0 Å². The van der Waals surface area contributed by atoms with Crippen LogP contribution in [0.5, 0.6) is 11.5 Å². The van der Waals surface area contributed by atoms with E-state index in [1.807, 2.05) is 18.2 Å². The molecule has 0 aliphatic rings. The van der Waals surface area contributed by atoms with E-state index in [0.29, 0.717) is 0 Å². The summed E-state index contributed by atoms with van der Waals surface area (Å²) in [4.78, 5) is 0. The molecule has 0 aromatic heterocycles. The Bertz CT molecular complexity index is 378. The second-order valence-corrected chi connectivity index (χ2v) is 4.87. The van der Waals surface area contributed by atoms with Crippen molar-refractivity contribution in [3.63, 3.8) is 0 Å². The normalized spacial score (nSPS) is 11.4. The van der Waals surface area contributed by atoms with Crippen molar-refractivity contribution in [1.82, 2.24) is 5.32 Å². The summed E-state index contributed by atoms with van der Waals surface area (Å²) in [6.45, 7) is 7.52. The SMILES string of the molecule is CCC(CC)(CC)NCc1cc(OC)ccc1OC. The van der Waals surface area contributed by atoms with E-state index >= 15 is 0 Å². The first kappa shape index (κ1) is 15.8. The second kappa shape index (κ2) is 7.39. The molecule has 0 spiro atoms. The first-order valence-corrected chi connectivity index (χ1v) is 7.10. The van der Waals surface area contributed by atoms with Gasteiger partial charge in [0, 0.05) is 17.6 Å². The van der Waals surface area contributed by atoms with Crippen LogP contribution in [0.4, 0.5) is 0 Å². The van der Waals surface area contributed by atoms with Crippen LogP contribution < -0.4 is 14.8 Å². The Balaban J connectivity index is 2.86. The number of methoxy groups -OCH3 is 2. The maximum Gasteiger partial charge on any atom is 0.123 e. The van der Waals surface area contributed by atoms with E-state index in [9.17, 15) is 0 Å². The molecular formula is C16H27NO2. The summed E-state index contributed by atoms with van der Waals surface area (Å²) in [6, 6.07) is 5.92. The third-order valence-electron chi connectivity index (χ3n) is 4.17. The largest absolute Gasteiger partial charge is 0.497 e. The van der Waals surface area contributed by atoms with Gasteiger partial charge < -0.3 is 14.8 Å². The summed E-state index contributed by atoms with van der Waals surface area (Å²) in [5.41, 5.74) is 1.36. The van der Waals surface area contributed by atoms with Crippen molar-refractivity contribution in [2.24, 2.45) is 0 Å². The second-order valence-electron chi connectivity index (χ2n) is 4.87. The molecule has 3 nitrogen and oxygen atoms in total. The van der Waals surface area contributed by atoms with Crippen molar-refractivity contribution in [1.29, 1.82) is 0 Å². The van der Waals surface area contributed by atoms with Gasteiger partial charge in [-0.25, -0.2) is 0 Å². The summed E-state index contributed by atoms with van der Waals surface area (Å²) in [5.74, 6) is 1.78. The smallest absolute Gasteiger partial charge is 0.123 e. The lowest BCUT2D eigenvalue weighted by molar-refractivity contribution is 0.285. The number of hydrogen-bond donors (Lipinski definition) is 1. The van der Waals surface area contributed by atoms with Gasteiger partial charge in [0.05, 0.1) is 14.2 Å². The van der Waals surface area contributed by atoms with Crippen molar-refractivity contribution < 1.29 is 9.47 Å². The van der Waals surface area contributed by atoms with Gasteiger partial charge in [-0.1, -0.05) is 20.8 Å². The van der Waals surface area contributed by atoms with E-state index in [0.717, 1.165) is 42.9 Å². The predicted octanol–water partition coefficient (Wildman–Crippen LogP) is 3.76.